The van der Waals surface area contributed by atoms with E-state index in [0.29, 0.717) is 27.1 Å². The van der Waals surface area contributed by atoms with Crippen molar-refractivity contribution in [2.24, 2.45) is 0 Å². The van der Waals surface area contributed by atoms with Gasteiger partial charge in [-0.2, -0.15) is 0 Å². The lowest BCUT2D eigenvalue weighted by Crippen LogP contribution is -2.27. The summed E-state index contributed by atoms with van der Waals surface area (Å²) in [7, 11) is 0. The van der Waals surface area contributed by atoms with Gasteiger partial charge in [-0.15, -0.1) is 5.10 Å². The molecule has 3 aromatic carbocycles. The van der Waals surface area contributed by atoms with Gasteiger partial charge in [-0.3, -0.25) is 14.2 Å². The van der Waals surface area contributed by atoms with Crippen LogP contribution in [0.2, 0.25) is 5.02 Å². The summed E-state index contributed by atoms with van der Waals surface area (Å²) < 4.78 is 17.0. The first-order chi connectivity index (χ1) is 15.9. The second-order valence-electron chi connectivity index (χ2n) is 7.54. The molecule has 0 saturated carbocycles. The topological polar surface area (TPSA) is 78.4 Å². The number of hydrogen-bond acceptors (Lipinski definition) is 4. The van der Waals surface area contributed by atoms with E-state index in [4.69, 9.17) is 11.6 Å². The number of carbonyl (C=O) groups excluding carboxylic acids is 1. The maximum atomic E-state index is 13.3. The van der Waals surface area contributed by atoms with Crippen molar-refractivity contribution in [3.8, 4) is 0 Å². The summed E-state index contributed by atoms with van der Waals surface area (Å²) in [6.45, 7) is -0.244. The number of halogens is 2. The van der Waals surface area contributed by atoms with Crippen LogP contribution in [0, 0.1) is 5.82 Å². The van der Waals surface area contributed by atoms with E-state index in [1.54, 1.807) is 54.6 Å². The van der Waals surface area contributed by atoms with E-state index >= 15 is 0 Å². The second kappa shape index (κ2) is 8.14. The summed E-state index contributed by atoms with van der Waals surface area (Å²) in [5, 5.41) is 5.06. The van der Waals surface area contributed by atoms with Crippen molar-refractivity contribution in [1.82, 2.24) is 18.7 Å². The molecule has 2 heterocycles. The van der Waals surface area contributed by atoms with Crippen LogP contribution in [0.15, 0.2) is 82.4 Å². The van der Waals surface area contributed by atoms with Gasteiger partial charge in [0.05, 0.1) is 17.4 Å². The maximum Gasteiger partial charge on any atom is 0.352 e. The SMILES string of the molecule is O=C(Cn1nc2n(Cc3ccc(F)cc3)c(=O)c3ccccc3n2c1=O)c1cccc(Cl)c1. The summed E-state index contributed by atoms with van der Waals surface area (Å²) in [6, 6.07) is 18.8. The third kappa shape index (κ3) is 3.74. The highest BCUT2D eigenvalue weighted by Crippen LogP contribution is 2.14. The van der Waals surface area contributed by atoms with Crippen LogP contribution >= 0.6 is 11.6 Å². The molecule has 0 bridgehead atoms. The number of hydrogen-bond donors (Lipinski definition) is 0. The average molecular weight is 463 g/mol. The second-order valence-corrected chi connectivity index (χ2v) is 7.98. The van der Waals surface area contributed by atoms with Gasteiger partial charge in [0, 0.05) is 10.6 Å². The number of para-hydroxylation sites is 1. The van der Waals surface area contributed by atoms with Crippen molar-refractivity contribution in [2.75, 3.05) is 0 Å². The zero-order valence-corrected chi connectivity index (χ0v) is 17.9. The molecule has 7 nitrogen and oxygen atoms in total. The lowest BCUT2D eigenvalue weighted by atomic mass is 10.1. The van der Waals surface area contributed by atoms with Crippen molar-refractivity contribution in [3.05, 3.63) is 116 Å². The van der Waals surface area contributed by atoms with E-state index in [2.05, 4.69) is 5.10 Å². The predicted molar refractivity (Wildman–Crippen MR) is 123 cm³/mol. The van der Waals surface area contributed by atoms with Crippen molar-refractivity contribution < 1.29 is 9.18 Å². The van der Waals surface area contributed by atoms with E-state index < -0.39 is 11.5 Å². The summed E-state index contributed by atoms with van der Waals surface area (Å²) in [6.07, 6.45) is 0. The maximum absolute atomic E-state index is 13.3. The zero-order valence-electron chi connectivity index (χ0n) is 17.1. The molecule has 0 fully saturated rings. The Balaban J connectivity index is 1.69. The number of benzene rings is 3. The highest BCUT2D eigenvalue weighted by atomic mass is 35.5. The molecule has 5 rings (SSSR count). The van der Waals surface area contributed by atoms with Gasteiger partial charge >= 0.3 is 5.69 Å². The molecule has 0 aliphatic rings. The zero-order chi connectivity index (χ0) is 23.1. The molecule has 0 unspecified atom stereocenters. The Bertz CT molecular complexity index is 1650. The van der Waals surface area contributed by atoms with E-state index in [1.807, 2.05) is 0 Å². The fraction of sp³-hybridized carbons (Fsp3) is 0.0833. The molecule has 0 saturated heterocycles. The van der Waals surface area contributed by atoms with Gasteiger partial charge in [0.25, 0.3) is 5.56 Å². The van der Waals surface area contributed by atoms with Crippen molar-refractivity contribution >= 4 is 34.1 Å². The first-order valence-electron chi connectivity index (χ1n) is 10.1. The van der Waals surface area contributed by atoms with E-state index in [-0.39, 0.29) is 30.2 Å². The van der Waals surface area contributed by atoms with Crippen molar-refractivity contribution in [1.29, 1.82) is 0 Å². The molecule has 33 heavy (non-hydrogen) atoms. The van der Waals surface area contributed by atoms with Crippen LogP contribution in [0.1, 0.15) is 15.9 Å². The van der Waals surface area contributed by atoms with E-state index in [0.717, 1.165) is 4.68 Å². The van der Waals surface area contributed by atoms with Gasteiger partial charge in [-0.05, 0) is 42.0 Å². The molecular weight excluding hydrogens is 447 g/mol. The minimum Gasteiger partial charge on any atom is -0.292 e. The van der Waals surface area contributed by atoms with Gasteiger partial charge in [0.1, 0.15) is 12.4 Å². The van der Waals surface area contributed by atoms with Gasteiger partial charge in [0.15, 0.2) is 5.78 Å². The fourth-order valence-electron chi connectivity index (χ4n) is 3.77. The van der Waals surface area contributed by atoms with Crippen molar-refractivity contribution in [2.45, 2.75) is 13.1 Å². The summed E-state index contributed by atoms with van der Waals surface area (Å²) in [5.41, 5.74) is 0.497. The minimum atomic E-state index is -0.551. The molecule has 0 aliphatic heterocycles. The van der Waals surface area contributed by atoms with Gasteiger partial charge in [-0.25, -0.2) is 18.3 Å². The Labute approximate surface area is 190 Å². The van der Waals surface area contributed by atoms with Crippen LogP contribution in [0.3, 0.4) is 0 Å². The summed E-state index contributed by atoms with van der Waals surface area (Å²) in [4.78, 5) is 39.3. The number of aromatic nitrogens is 4. The lowest BCUT2D eigenvalue weighted by Gasteiger charge is -2.09. The summed E-state index contributed by atoms with van der Waals surface area (Å²) in [5.74, 6) is -0.651. The van der Waals surface area contributed by atoms with Gasteiger partial charge in [0.2, 0.25) is 5.78 Å². The molecule has 0 amide bonds. The molecule has 164 valence electrons. The highest BCUT2D eigenvalue weighted by Gasteiger charge is 2.19. The Morgan fingerprint density at radius 1 is 0.970 bits per heavy atom. The Kier molecular flexibility index (Phi) is 5.14. The number of rotatable bonds is 5. The average Bonchev–Trinajstić information content (AvgIpc) is 3.13. The first kappa shape index (κ1) is 20.8. The number of ketones is 1. The minimum absolute atomic E-state index is 0.0755. The number of Topliss-reactive ketones (excluding diaryl/α,β-unsaturated/α-hetero) is 1. The molecule has 5 aromatic rings. The van der Waals surface area contributed by atoms with Crippen LogP contribution in [-0.4, -0.2) is 24.5 Å². The fourth-order valence-corrected chi connectivity index (χ4v) is 3.97. The molecule has 0 aliphatic carbocycles. The molecule has 0 atom stereocenters. The normalized spacial score (nSPS) is 11.3. The number of fused-ring (bicyclic) bond motifs is 3. The monoisotopic (exact) mass is 462 g/mol. The van der Waals surface area contributed by atoms with Crippen LogP contribution in [0.5, 0.6) is 0 Å². The van der Waals surface area contributed by atoms with E-state index in [1.165, 1.54) is 27.2 Å². The Hall–Kier alpha value is -4.04. The third-order valence-electron chi connectivity index (χ3n) is 5.38. The molecule has 2 aromatic heterocycles. The Morgan fingerprint density at radius 2 is 1.73 bits per heavy atom. The van der Waals surface area contributed by atoms with Crippen LogP contribution < -0.4 is 11.2 Å². The largest absolute Gasteiger partial charge is 0.352 e. The molecule has 0 spiro atoms. The molecular formula is C24H16ClFN4O3. The van der Waals surface area contributed by atoms with Crippen LogP contribution in [0.25, 0.3) is 16.7 Å². The predicted octanol–water partition coefficient (Wildman–Crippen LogP) is 3.53. The van der Waals surface area contributed by atoms with Gasteiger partial charge in [-0.1, -0.05) is 48.0 Å². The molecule has 0 N–H and O–H groups in total. The van der Waals surface area contributed by atoms with Crippen LogP contribution in [0.4, 0.5) is 4.39 Å². The quantitative estimate of drug-likeness (QED) is 0.374. The standard InChI is InChI=1S/C24H16ClFN4O3/c25-17-5-3-4-16(12-17)21(31)14-29-24(33)30-20-7-2-1-6-19(20)22(32)28(23(30)27-29)13-15-8-10-18(26)11-9-15/h1-12H,13-14H2. The summed E-state index contributed by atoms with van der Waals surface area (Å²) >= 11 is 5.98. The number of carbonyl (C=O) groups is 1. The van der Waals surface area contributed by atoms with Gasteiger partial charge < -0.3 is 0 Å². The highest BCUT2D eigenvalue weighted by molar-refractivity contribution is 6.31. The smallest absolute Gasteiger partial charge is 0.292 e. The third-order valence-corrected chi connectivity index (χ3v) is 5.61. The lowest BCUT2D eigenvalue weighted by molar-refractivity contribution is 0.0966. The first-order valence-corrected chi connectivity index (χ1v) is 10.4. The molecule has 9 heteroatoms. The van der Waals surface area contributed by atoms with Crippen molar-refractivity contribution in [3.63, 3.8) is 0 Å². The van der Waals surface area contributed by atoms with E-state index in [9.17, 15) is 18.8 Å². The molecule has 0 radical (unpaired) electrons. The number of nitrogens with zero attached hydrogens (tertiary/aromatic N) is 4. The Morgan fingerprint density at radius 3 is 2.48 bits per heavy atom. The van der Waals surface area contributed by atoms with Crippen LogP contribution in [-0.2, 0) is 13.1 Å².